The second-order valence-corrected chi connectivity index (χ2v) is 6.20. The van der Waals surface area contributed by atoms with Crippen LogP contribution in [0.15, 0.2) is 35.2 Å². The molecule has 0 atom stereocenters. The van der Waals surface area contributed by atoms with Gasteiger partial charge in [-0.3, -0.25) is 0 Å². The van der Waals surface area contributed by atoms with E-state index in [2.05, 4.69) is 5.32 Å². The largest absolute Gasteiger partial charge is 0.314 e. The number of benzene rings is 1. The first-order valence-electron chi connectivity index (χ1n) is 5.53. The molecule has 0 heterocycles. The van der Waals surface area contributed by atoms with Gasteiger partial charge in [0.05, 0.1) is 10.6 Å². The van der Waals surface area contributed by atoms with Gasteiger partial charge in [0, 0.05) is 6.04 Å². The van der Waals surface area contributed by atoms with Crippen molar-refractivity contribution in [2.75, 3.05) is 12.3 Å². The lowest BCUT2D eigenvalue weighted by Crippen LogP contribution is -2.25. The standard InChI is InChI=1S/C12H19NO2S/c1-11(2)13-9-6-10-16(14,15)12-7-4-3-5-8-12/h3-5,7-8,11,13H,6,9-10H2,1-2H3. The molecule has 0 saturated carbocycles. The first kappa shape index (κ1) is 13.2. The van der Waals surface area contributed by atoms with Crippen molar-refractivity contribution in [1.82, 2.24) is 5.32 Å². The Morgan fingerprint density at radius 3 is 2.38 bits per heavy atom. The molecule has 0 aromatic heterocycles. The molecule has 3 nitrogen and oxygen atoms in total. The van der Waals surface area contributed by atoms with E-state index in [4.69, 9.17) is 0 Å². The summed E-state index contributed by atoms with van der Waals surface area (Å²) < 4.78 is 23.7. The lowest BCUT2D eigenvalue weighted by atomic mass is 10.4. The van der Waals surface area contributed by atoms with Crippen molar-refractivity contribution >= 4 is 9.84 Å². The van der Waals surface area contributed by atoms with Gasteiger partial charge in [-0.1, -0.05) is 32.0 Å². The van der Waals surface area contributed by atoms with Crippen LogP contribution in [0.5, 0.6) is 0 Å². The Morgan fingerprint density at radius 2 is 1.81 bits per heavy atom. The maximum Gasteiger partial charge on any atom is 0.178 e. The minimum atomic E-state index is -3.10. The number of nitrogens with one attached hydrogen (secondary N) is 1. The van der Waals surface area contributed by atoms with Gasteiger partial charge in [-0.2, -0.15) is 0 Å². The van der Waals surface area contributed by atoms with Gasteiger partial charge in [-0.05, 0) is 25.1 Å². The molecule has 90 valence electrons. The molecule has 0 unspecified atom stereocenters. The molecule has 0 bridgehead atoms. The third-order valence-corrected chi connectivity index (χ3v) is 4.06. The van der Waals surface area contributed by atoms with Gasteiger partial charge in [0.15, 0.2) is 9.84 Å². The minimum Gasteiger partial charge on any atom is -0.314 e. The van der Waals surface area contributed by atoms with Crippen LogP contribution in [0.4, 0.5) is 0 Å². The minimum absolute atomic E-state index is 0.205. The predicted molar refractivity (Wildman–Crippen MR) is 66.3 cm³/mol. The van der Waals surface area contributed by atoms with E-state index in [1.165, 1.54) is 0 Å². The van der Waals surface area contributed by atoms with E-state index < -0.39 is 9.84 Å². The molecular formula is C12H19NO2S. The molecule has 0 aliphatic carbocycles. The van der Waals surface area contributed by atoms with Crippen LogP contribution in [0, 0.1) is 0 Å². The summed E-state index contributed by atoms with van der Waals surface area (Å²) in [6.45, 7) is 4.83. The zero-order chi connectivity index (χ0) is 12.0. The average Bonchev–Trinajstić information content (AvgIpc) is 2.26. The van der Waals surface area contributed by atoms with Crippen LogP contribution in [0.25, 0.3) is 0 Å². The summed E-state index contributed by atoms with van der Waals surface area (Å²) in [7, 11) is -3.10. The fourth-order valence-electron chi connectivity index (χ4n) is 1.40. The lowest BCUT2D eigenvalue weighted by Gasteiger charge is -2.08. The fourth-order valence-corrected chi connectivity index (χ4v) is 2.73. The van der Waals surface area contributed by atoms with Crippen molar-refractivity contribution in [3.8, 4) is 0 Å². The van der Waals surface area contributed by atoms with Crippen LogP contribution in [0.2, 0.25) is 0 Å². The van der Waals surface area contributed by atoms with Gasteiger partial charge >= 0.3 is 0 Å². The molecule has 1 N–H and O–H groups in total. The second-order valence-electron chi connectivity index (χ2n) is 4.09. The summed E-state index contributed by atoms with van der Waals surface area (Å²) in [4.78, 5) is 0.416. The summed E-state index contributed by atoms with van der Waals surface area (Å²) in [6, 6.07) is 9.01. The summed E-state index contributed by atoms with van der Waals surface area (Å²) in [5.74, 6) is 0.205. The van der Waals surface area contributed by atoms with E-state index in [0.717, 1.165) is 6.54 Å². The van der Waals surface area contributed by atoms with E-state index in [1.807, 2.05) is 19.9 Å². The molecule has 0 radical (unpaired) electrons. The molecule has 0 spiro atoms. The molecule has 0 aliphatic heterocycles. The third kappa shape index (κ3) is 4.33. The first-order chi connectivity index (χ1) is 7.52. The maximum absolute atomic E-state index is 11.8. The van der Waals surface area contributed by atoms with Gasteiger partial charge in [0.1, 0.15) is 0 Å². The highest BCUT2D eigenvalue weighted by molar-refractivity contribution is 7.91. The zero-order valence-corrected chi connectivity index (χ0v) is 10.6. The van der Waals surface area contributed by atoms with Gasteiger partial charge in [0.25, 0.3) is 0 Å². The molecular weight excluding hydrogens is 222 g/mol. The van der Waals surface area contributed by atoms with E-state index >= 15 is 0 Å². The quantitative estimate of drug-likeness (QED) is 0.773. The molecule has 16 heavy (non-hydrogen) atoms. The smallest absolute Gasteiger partial charge is 0.178 e. The molecule has 0 amide bonds. The van der Waals surface area contributed by atoms with Gasteiger partial charge < -0.3 is 5.32 Å². The number of hydrogen-bond donors (Lipinski definition) is 1. The Balaban J connectivity index is 2.48. The number of rotatable bonds is 6. The number of sulfone groups is 1. The SMILES string of the molecule is CC(C)NCCCS(=O)(=O)c1ccccc1. The van der Waals surface area contributed by atoms with Crippen LogP contribution >= 0.6 is 0 Å². The van der Waals surface area contributed by atoms with Crippen LogP contribution in [-0.2, 0) is 9.84 Å². The van der Waals surface area contributed by atoms with E-state index in [0.29, 0.717) is 17.4 Å². The molecule has 1 aromatic carbocycles. The van der Waals surface area contributed by atoms with Crippen molar-refractivity contribution < 1.29 is 8.42 Å². The fraction of sp³-hybridized carbons (Fsp3) is 0.500. The van der Waals surface area contributed by atoms with Crippen molar-refractivity contribution in [2.45, 2.75) is 31.2 Å². The monoisotopic (exact) mass is 241 g/mol. The average molecular weight is 241 g/mol. The molecule has 4 heteroatoms. The Hall–Kier alpha value is -0.870. The Kier molecular flexibility index (Phi) is 4.96. The predicted octanol–water partition coefficient (Wildman–Crippen LogP) is 1.85. The highest BCUT2D eigenvalue weighted by Gasteiger charge is 2.12. The topological polar surface area (TPSA) is 46.2 Å². The maximum atomic E-state index is 11.8. The van der Waals surface area contributed by atoms with Gasteiger partial charge in [0.2, 0.25) is 0 Å². The van der Waals surface area contributed by atoms with E-state index in [-0.39, 0.29) is 5.75 Å². The van der Waals surface area contributed by atoms with Crippen molar-refractivity contribution in [3.63, 3.8) is 0 Å². The van der Waals surface area contributed by atoms with Crippen molar-refractivity contribution in [3.05, 3.63) is 30.3 Å². The molecule has 0 aliphatic rings. The summed E-state index contributed by atoms with van der Waals surface area (Å²) in [6.07, 6.45) is 0.648. The summed E-state index contributed by atoms with van der Waals surface area (Å²) in [5, 5.41) is 3.21. The van der Waals surface area contributed by atoms with E-state index in [1.54, 1.807) is 24.3 Å². The van der Waals surface area contributed by atoms with Gasteiger partial charge in [-0.15, -0.1) is 0 Å². The van der Waals surface area contributed by atoms with Crippen LogP contribution in [0.3, 0.4) is 0 Å². The molecule has 1 rings (SSSR count). The van der Waals surface area contributed by atoms with Gasteiger partial charge in [-0.25, -0.2) is 8.42 Å². The van der Waals surface area contributed by atoms with Crippen LogP contribution < -0.4 is 5.32 Å². The zero-order valence-electron chi connectivity index (χ0n) is 9.81. The van der Waals surface area contributed by atoms with Crippen LogP contribution in [-0.4, -0.2) is 26.8 Å². The lowest BCUT2D eigenvalue weighted by molar-refractivity contribution is 0.568. The molecule has 0 saturated heterocycles. The van der Waals surface area contributed by atoms with Crippen molar-refractivity contribution in [2.24, 2.45) is 0 Å². The van der Waals surface area contributed by atoms with E-state index in [9.17, 15) is 8.42 Å². The highest BCUT2D eigenvalue weighted by Crippen LogP contribution is 2.10. The first-order valence-corrected chi connectivity index (χ1v) is 7.19. The van der Waals surface area contributed by atoms with Crippen LogP contribution in [0.1, 0.15) is 20.3 Å². The third-order valence-electron chi connectivity index (χ3n) is 2.24. The normalized spacial score (nSPS) is 11.9. The highest BCUT2D eigenvalue weighted by atomic mass is 32.2. The van der Waals surface area contributed by atoms with Crippen molar-refractivity contribution in [1.29, 1.82) is 0 Å². The molecule has 1 aromatic rings. The Labute approximate surface area is 97.8 Å². The molecule has 0 fully saturated rings. The summed E-state index contributed by atoms with van der Waals surface area (Å²) >= 11 is 0. The Morgan fingerprint density at radius 1 is 1.19 bits per heavy atom. The summed E-state index contributed by atoms with van der Waals surface area (Å²) in [5.41, 5.74) is 0. The second kappa shape index (κ2) is 6.01. The number of hydrogen-bond acceptors (Lipinski definition) is 3. The Bertz CT molecular complexity index is 398.